The highest BCUT2D eigenvalue weighted by molar-refractivity contribution is 5.82. The van der Waals surface area contributed by atoms with Crippen molar-refractivity contribution in [3.8, 4) is 0 Å². The van der Waals surface area contributed by atoms with Crippen LogP contribution in [-0.2, 0) is 0 Å². The number of rotatable bonds is 0. The van der Waals surface area contributed by atoms with E-state index in [4.69, 9.17) is 0 Å². The highest BCUT2D eigenvalue weighted by Gasteiger charge is 1.86. The van der Waals surface area contributed by atoms with Gasteiger partial charge >= 0.3 is 0 Å². The van der Waals surface area contributed by atoms with Gasteiger partial charge in [-0.3, -0.25) is 0 Å². The number of hydrogen-bond donors (Lipinski definition) is 0. The van der Waals surface area contributed by atoms with Gasteiger partial charge in [0.2, 0.25) is 0 Å². The van der Waals surface area contributed by atoms with E-state index in [2.05, 4.69) is 152 Å². The van der Waals surface area contributed by atoms with Crippen LogP contribution in [0.3, 0.4) is 0 Å². The lowest BCUT2D eigenvalue weighted by Gasteiger charge is -1.92. The SMILES string of the molecule is CC.CC.CC.CC.CC.CC.CC.CCC.CCC.CCC.CCC.c1ccc2ccccc2c1.c1ccc2ccccc2c1.c1ccccc1. The lowest BCUT2D eigenvalue weighted by atomic mass is 10.1. The fourth-order valence-corrected chi connectivity index (χ4v) is 2.65. The molecule has 0 heterocycles. The van der Waals surface area contributed by atoms with Gasteiger partial charge in [0.15, 0.2) is 0 Å². The molecule has 304 valence electrons. The Morgan fingerprint density at radius 3 is 0.346 bits per heavy atom. The van der Waals surface area contributed by atoms with Gasteiger partial charge in [-0.25, -0.2) is 0 Å². The number of benzene rings is 5. The van der Waals surface area contributed by atoms with Crippen molar-refractivity contribution in [1.29, 1.82) is 0 Å². The summed E-state index contributed by atoms with van der Waals surface area (Å²) >= 11 is 0. The summed E-state index contributed by atoms with van der Waals surface area (Å²) in [6.45, 7) is 45.0. The van der Waals surface area contributed by atoms with E-state index < -0.39 is 0 Å². The Hall–Kier alpha value is -3.38. The van der Waals surface area contributed by atoms with Crippen LogP contribution in [0, 0.1) is 0 Å². The first kappa shape index (κ1) is 70.2. The molecule has 0 radical (unpaired) electrons. The van der Waals surface area contributed by atoms with E-state index in [0.29, 0.717) is 0 Å². The van der Waals surface area contributed by atoms with Crippen molar-refractivity contribution in [2.24, 2.45) is 0 Å². The Balaban J connectivity index is -0.0000000588. The molecule has 0 heteroatoms. The molecule has 0 aliphatic heterocycles. The topological polar surface area (TPSA) is 0 Å². The standard InChI is InChI=1S/2C10H8.C6H6.4C3H8.7C2H6/c2*1-2-6-10-8-4-3-7-9(10)5-1;1-2-4-6-5-3-1;4*1-3-2;7*1-2/h2*1-8H;1-6H;4*3H2,1-2H3;7*1-2H3. The lowest BCUT2D eigenvalue weighted by molar-refractivity contribution is 1.09. The molecule has 0 atom stereocenters. The zero-order chi connectivity index (χ0) is 42.7. The molecule has 0 N–H and O–H groups in total. The molecule has 0 saturated carbocycles. The van der Waals surface area contributed by atoms with Crippen LogP contribution in [0.1, 0.15) is 178 Å². The van der Waals surface area contributed by atoms with Crippen LogP contribution in [0.4, 0.5) is 0 Å². The van der Waals surface area contributed by atoms with E-state index in [0.717, 1.165) is 0 Å². The van der Waals surface area contributed by atoms with Crippen molar-refractivity contribution < 1.29 is 0 Å². The average molecular weight is 721 g/mol. The van der Waals surface area contributed by atoms with Gasteiger partial charge in [0.05, 0.1) is 0 Å². The maximum absolute atomic E-state index is 2.12. The minimum atomic E-state index is 1.25. The molecule has 0 spiro atoms. The normalized spacial score (nSPS) is 6.96. The van der Waals surface area contributed by atoms with Crippen molar-refractivity contribution in [1.82, 2.24) is 0 Å². The van der Waals surface area contributed by atoms with Gasteiger partial charge in [-0.1, -0.05) is 311 Å². The average Bonchev–Trinajstić information content (AvgIpc) is 3.25. The van der Waals surface area contributed by atoms with E-state index in [-0.39, 0.29) is 0 Å². The second kappa shape index (κ2) is 86.4. The third kappa shape index (κ3) is 65.1. The van der Waals surface area contributed by atoms with Crippen molar-refractivity contribution in [2.45, 2.75) is 178 Å². The van der Waals surface area contributed by atoms with E-state index >= 15 is 0 Å². The zero-order valence-electron chi connectivity index (χ0n) is 39.5. The van der Waals surface area contributed by atoms with Crippen molar-refractivity contribution >= 4 is 21.5 Å². The summed E-state index contributed by atoms with van der Waals surface area (Å²) in [5.41, 5.74) is 0. The molecule has 0 nitrogen and oxygen atoms in total. The molecular formula is C52H96. The molecule has 5 aromatic carbocycles. The molecule has 0 aliphatic rings. The van der Waals surface area contributed by atoms with E-state index in [9.17, 15) is 0 Å². The second-order valence-corrected chi connectivity index (χ2v) is 8.68. The highest BCUT2D eigenvalue weighted by Crippen LogP contribution is 2.12. The van der Waals surface area contributed by atoms with Gasteiger partial charge in [-0.05, 0) is 21.5 Å². The van der Waals surface area contributed by atoms with Gasteiger partial charge in [-0.2, -0.15) is 0 Å². The van der Waals surface area contributed by atoms with Crippen LogP contribution in [0.5, 0.6) is 0 Å². The summed E-state index contributed by atoms with van der Waals surface area (Å²) < 4.78 is 0. The van der Waals surface area contributed by atoms with Gasteiger partial charge < -0.3 is 0 Å². The first-order chi connectivity index (χ1) is 25.6. The summed E-state index contributed by atoms with van der Waals surface area (Å²) in [5.74, 6) is 0. The molecule has 0 amide bonds. The molecule has 5 rings (SSSR count). The number of fused-ring (bicyclic) bond motifs is 2. The molecular weight excluding hydrogens is 625 g/mol. The molecule has 52 heavy (non-hydrogen) atoms. The maximum Gasteiger partial charge on any atom is -0.0184 e. The minimum absolute atomic E-state index is 1.25. The second-order valence-electron chi connectivity index (χ2n) is 8.68. The summed E-state index contributed by atoms with van der Waals surface area (Å²) in [5, 5.41) is 5.24. The monoisotopic (exact) mass is 721 g/mol. The van der Waals surface area contributed by atoms with Gasteiger partial charge in [0, 0.05) is 0 Å². The highest BCUT2D eigenvalue weighted by atomic mass is 13.9. The molecule has 0 bridgehead atoms. The van der Waals surface area contributed by atoms with Gasteiger partial charge in [-0.15, -0.1) is 0 Å². The Kier molecular flexibility index (Phi) is 117. The van der Waals surface area contributed by atoms with Crippen LogP contribution in [0.2, 0.25) is 0 Å². The van der Waals surface area contributed by atoms with Crippen LogP contribution in [0.25, 0.3) is 21.5 Å². The predicted octanol–water partition coefficient (Wildman–Crippen LogP) is 20.2. The van der Waals surface area contributed by atoms with E-state index in [1.807, 2.05) is 133 Å². The van der Waals surface area contributed by atoms with Crippen molar-refractivity contribution in [3.63, 3.8) is 0 Å². The van der Waals surface area contributed by atoms with Crippen LogP contribution < -0.4 is 0 Å². The van der Waals surface area contributed by atoms with Crippen LogP contribution in [-0.4, -0.2) is 0 Å². The fourth-order valence-electron chi connectivity index (χ4n) is 2.65. The molecule has 0 fully saturated rings. The van der Waals surface area contributed by atoms with Crippen molar-refractivity contribution in [2.75, 3.05) is 0 Å². The van der Waals surface area contributed by atoms with Gasteiger partial charge in [0.1, 0.15) is 0 Å². The Labute approximate surface area is 331 Å². The summed E-state index contributed by atoms with van der Waals surface area (Å²) in [4.78, 5) is 0. The summed E-state index contributed by atoms with van der Waals surface area (Å²) in [6.07, 6.45) is 5.00. The molecule has 0 saturated heterocycles. The summed E-state index contributed by atoms with van der Waals surface area (Å²) in [6, 6.07) is 45.4. The largest absolute Gasteiger partial charge is 0.0683 e. The quantitative estimate of drug-likeness (QED) is 0.149. The Morgan fingerprint density at radius 1 is 0.192 bits per heavy atom. The Morgan fingerprint density at radius 2 is 0.269 bits per heavy atom. The van der Waals surface area contributed by atoms with Crippen LogP contribution in [0.15, 0.2) is 133 Å². The first-order valence-corrected chi connectivity index (χ1v) is 21.5. The maximum atomic E-state index is 2.12. The first-order valence-electron chi connectivity index (χ1n) is 21.5. The molecule has 0 aliphatic carbocycles. The molecule has 0 unspecified atom stereocenters. The van der Waals surface area contributed by atoms with Gasteiger partial charge in [0.25, 0.3) is 0 Å². The third-order valence-electron chi connectivity index (χ3n) is 3.98. The fraction of sp³-hybridized carbons (Fsp3) is 0.500. The van der Waals surface area contributed by atoms with E-state index in [1.165, 1.54) is 47.2 Å². The van der Waals surface area contributed by atoms with Crippen molar-refractivity contribution in [3.05, 3.63) is 133 Å². The predicted molar refractivity (Wildman–Crippen MR) is 258 cm³/mol. The van der Waals surface area contributed by atoms with Crippen LogP contribution >= 0.6 is 0 Å². The summed E-state index contributed by atoms with van der Waals surface area (Å²) in [7, 11) is 0. The zero-order valence-corrected chi connectivity index (χ0v) is 39.5. The molecule has 5 aromatic rings. The van der Waals surface area contributed by atoms with E-state index in [1.54, 1.807) is 0 Å². The number of hydrogen-bond acceptors (Lipinski definition) is 0. The smallest absolute Gasteiger partial charge is 0.0184 e. The molecule has 0 aromatic heterocycles. The third-order valence-corrected chi connectivity index (χ3v) is 3.98. The lowest BCUT2D eigenvalue weighted by Crippen LogP contribution is -1.67. The Bertz CT molecular complexity index is 859. The minimum Gasteiger partial charge on any atom is -0.0683 e.